The van der Waals surface area contributed by atoms with Crippen LogP contribution < -0.4 is 9.47 Å². The van der Waals surface area contributed by atoms with Gasteiger partial charge in [0.15, 0.2) is 5.75 Å². The Hall–Kier alpha value is -1.32. The number of aromatic nitrogens is 1. The maximum absolute atomic E-state index is 12.6. The van der Waals surface area contributed by atoms with Crippen molar-refractivity contribution >= 4 is 0 Å². The average Bonchev–Trinajstić information content (AvgIpc) is 2.05. The summed E-state index contributed by atoms with van der Waals surface area (Å²) in [6.45, 7) is 0. The van der Waals surface area contributed by atoms with E-state index in [2.05, 4.69) is 9.72 Å². The second kappa shape index (κ2) is 3.18. The van der Waals surface area contributed by atoms with Crippen LogP contribution in [0.3, 0.4) is 0 Å². The van der Waals surface area contributed by atoms with E-state index in [-0.39, 0.29) is 5.75 Å². The van der Waals surface area contributed by atoms with E-state index in [9.17, 15) is 4.39 Å². The van der Waals surface area contributed by atoms with Crippen molar-refractivity contribution in [2.75, 3.05) is 14.2 Å². The Morgan fingerprint density at radius 1 is 1.36 bits per heavy atom. The number of rotatable bonds is 2. The molecular formula is C7H8FNO2. The predicted molar refractivity (Wildman–Crippen MR) is 37.3 cm³/mol. The largest absolute Gasteiger partial charge is 0.495 e. The first-order chi connectivity index (χ1) is 5.27. The number of nitrogens with zero attached hydrogens (tertiary/aromatic N) is 1. The summed E-state index contributed by atoms with van der Waals surface area (Å²) >= 11 is 0. The monoisotopic (exact) mass is 157 g/mol. The molecule has 3 nitrogen and oxygen atoms in total. The van der Waals surface area contributed by atoms with Gasteiger partial charge in [-0.25, -0.2) is 4.98 Å². The zero-order valence-electron chi connectivity index (χ0n) is 6.30. The van der Waals surface area contributed by atoms with Crippen LogP contribution in [0.25, 0.3) is 0 Å². The molecule has 0 aromatic carbocycles. The lowest BCUT2D eigenvalue weighted by atomic mass is 10.4. The second-order valence-corrected chi connectivity index (χ2v) is 1.87. The van der Waals surface area contributed by atoms with Gasteiger partial charge in [0.05, 0.1) is 20.4 Å². The van der Waals surface area contributed by atoms with Gasteiger partial charge in [0.25, 0.3) is 5.95 Å². The standard InChI is InChI=1S/C7H8FNO2/c1-10-5-3-6(11-2)7(8)9-4-5/h3-4H,1-2H3. The van der Waals surface area contributed by atoms with Crippen LogP contribution in [-0.2, 0) is 0 Å². The molecule has 0 saturated carbocycles. The van der Waals surface area contributed by atoms with Crippen molar-refractivity contribution in [1.29, 1.82) is 0 Å². The van der Waals surface area contributed by atoms with E-state index >= 15 is 0 Å². The van der Waals surface area contributed by atoms with Gasteiger partial charge in [-0.15, -0.1) is 0 Å². The topological polar surface area (TPSA) is 31.4 Å². The van der Waals surface area contributed by atoms with Gasteiger partial charge < -0.3 is 9.47 Å². The summed E-state index contributed by atoms with van der Waals surface area (Å²) in [4.78, 5) is 3.40. The molecule has 0 amide bonds. The van der Waals surface area contributed by atoms with Crippen LogP contribution in [0.5, 0.6) is 11.5 Å². The van der Waals surface area contributed by atoms with E-state index in [1.54, 1.807) is 0 Å². The van der Waals surface area contributed by atoms with E-state index in [0.29, 0.717) is 5.75 Å². The highest BCUT2D eigenvalue weighted by Crippen LogP contribution is 2.19. The molecule has 0 bridgehead atoms. The Labute approximate surface area is 63.8 Å². The maximum atomic E-state index is 12.6. The second-order valence-electron chi connectivity index (χ2n) is 1.87. The molecule has 0 aliphatic rings. The van der Waals surface area contributed by atoms with Crippen molar-refractivity contribution in [3.05, 3.63) is 18.2 Å². The summed E-state index contributed by atoms with van der Waals surface area (Å²) in [6.07, 6.45) is 1.29. The van der Waals surface area contributed by atoms with Crippen LogP contribution in [0.15, 0.2) is 12.3 Å². The van der Waals surface area contributed by atoms with Crippen LogP contribution in [0, 0.1) is 5.95 Å². The van der Waals surface area contributed by atoms with Crippen molar-refractivity contribution in [2.45, 2.75) is 0 Å². The molecule has 0 saturated heterocycles. The molecule has 11 heavy (non-hydrogen) atoms. The first kappa shape index (κ1) is 7.78. The normalized spacial score (nSPS) is 9.36. The number of pyridine rings is 1. The van der Waals surface area contributed by atoms with E-state index in [1.807, 2.05) is 0 Å². The van der Waals surface area contributed by atoms with Crippen molar-refractivity contribution in [1.82, 2.24) is 4.98 Å². The lowest BCUT2D eigenvalue weighted by molar-refractivity contribution is 0.364. The summed E-state index contributed by atoms with van der Waals surface area (Å²) in [5.74, 6) is -0.0686. The third-order valence-electron chi connectivity index (χ3n) is 1.24. The predicted octanol–water partition coefficient (Wildman–Crippen LogP) is 1.24. The van der Waals surface area contributed by atoms with Gasteiger partial charge in [-0.1, -0.05) is 0 Å². The molecule has 0 spiro atoms. The molecule has 4 heteroatoms. The van der Waals surface area contributed by atoms with Gasteiger partial charge in [0.2, 0.25) is 0 Å². The zero-order valence-corrected chi connectivity index (χ0v) is 6.30. The summed E-state index contributed by atoms with van der Waals surface area (Å²) < 4.78 is 22.1. The first-order valence-electron chi connectivity index (χ1n) is 3.01. The smallest absolute Gasteiger partial charge is 0.255 e. The van der Waals surface area contributed by atoms with Gasteiger partial charge in [-0.2, -0.15) is 4.39 Å². The van der Waals surface area contributed by atoms with E-state index in [4.69, 9.17) is 4.74 Å². The lowest BCUT2D eigenvalue weighted by Crippen LogP contribution is -1.92. The maximum Gasteiger partial charge on any atom is 0.255 e. The van der Waals surface area contributed by atoms with E-state index in [1.165, 1.54) is 26.5 Å². The van der Waals surface area contributed by atoms with Gasteiger partial charge in [0.1, 0.15) is 5.75 Å². The number of halogens is 1. The van der Waals surface area contributed by atoms with Crippen LogP contribution in [0.1, 0.15) is 0 Å². The van der Waals surface area contributed by atoms with Crippen LogP contribution in [-0.4, -0.2) is 19.2 Å². The number of ether oxygens (including phenoxy) is 2. The van der Waals surface area contributed by atoms with Crippen LogP contribution >= 0.6 is 0 Å². The lowest BCUT2D eigenvalue weighted by Gasteiger charge is -2.02. The minimum absolute atomic E-state index is 0.0874. The number of methoxy groups -OCH3 is 2. The molecule has 0 radical (unpaired) electrons. The van der Waals surface area contributed by atoms with Crippen LogP contribution in [0.4, 0.5) is 4.39 Å². The fourth-order valence-electron chi connectivity index (χ4n) is 0.665. The Morgan fingerprint density at radius 3 is 2.64 bits per heavy atom. The molecule has 1 rings (SSSR count). The molecule has 0 aliphatic heterocycles. The Kier molecular flexibility index (Phi) is 2.25. The molecule has 0 aliphatic carbocycles. The Bertz CT molecular complexity index is 252. The summed E-state index contributed by atoms with van der Waals surface area (Å²) in [6, 6.07) is 1.43. The van der Waals surface area contributed by atoms with E-state index < -0.39 is 5.95 Å². The molecule has 0 atom stereocenters. The summed E-state index contributed by atoms with van der Waals surface area (Å²) in [5.41, 5.74) is 0. The van der Waals surface area contributed by atoms with Gasteiger partial charge in [-0.05, 0) is 0 Å². The average molecular weight is 157 g/mol. The fourth-order valence-corrected chi connectivity index (χ4v) is 0.665. The highest BCUT2D eigenvalue weighted by Gasteiger charge is 2.03. The Balaban J connectivity index is 3.02. The molecule has 0 unspecified atom stereocenters. The third-order valence-corrected chi connectivity index (χ3v) is 1.24. The van der Waals surface area contributed by atoms with Gasteiger partial charge in [0, 0.05) is 6.07 Å². The van der Waals surface area contributed by atoms with Crippen molar-refractivity contribution < 1.29 is 13.9 Å². The van der Waals surface area contributed by atoms with Gasteiger partial charge in [-0.3, -0.25) is 0 Å². The number of hydrogen-bond acceptors (Lipinski definition) is 3. The van der Waals surface area contributed by atoms with Gasteiger partial charge >= 0.3 is 0 Å². The quantitative estimate of drug-likeness (QED) is 0.605. The minimum atomic E-state index is -0.631. The molecule has 0 fully saturated rings. The Morgan fingerprint density at radius 2 is 2.09 bits per heavy atom. The fraction of sp³-hybridized carbons (Fsp3) is 0.286. The zero-order chi connectivity index (χ0) is 8.27. The molecular weight excluding hydrogens is 149 g/mol. The highest BCUT2D eigenvalue weighted by atomic mass is 19.1. The van der Waals surface area contributed by atoms with Crippen molar-refractivity contribution in [3.8, 4) is 11.5 Å². The van der Waals surface area contributed by atoms with Crippen molar-refractivity contribution in [2.24, 2.45) is 0 Å². The SMILES string of the molecule is COc1cnc(F)c(OC)c1. The molecule has 1 aromatic heterocycles. The van der Waals surface area contributed by atoms with Crippen molar-refractivity contribution in [3.63, 3.8) is 0 Å². The third kappa shape index (κ3) is 1.58. The first-order valence-corrected chi connectivity index (χ1v) is 3.01. The number of hydrogen-bond donors (Lipinski definition) is 0. The minimum Gasteiger partial charge on any atom is -0.495 e. The molecule has 1 heterocycles. The highest BCUT2D eigenvalue weighted by molar-refractivity contribution is 5.29. The molecule has 1 aromatic rings. The van der Waals surface area contributed by atoms with E-state index in [0.717, 1.165) is 0 Å². The molecule has 0 N–H and O–H groups in total. The summed E-state index contributed by atoms with van der Waals surface area (Å²) in [5, 5.41) is 0. The van der Waals surface area contributed by atoms with Crippen LogP contribution in [0.2, 0.25) is 0 Å². The molecule has 60 valence electrons. The summed E-state index contributed by atoms with van der Waals surface area (Å²) in [7, 11) is 2.86.